The van der Waals surface area contributed by atoms with E-state index in [0.717, 1.165) is 5.01 Å². The summed E-state index contributed by atoms with van der Waals surface area (Å²) >= 11 is 1.40. The molecular weight excluding hydrogens is 288 g/mol. The maximum absolute atomic E-state index is 12.5. The van der Waals surface area contributed by atoms with Gasteiger partial charge in [-0.05, 0) is 5.92 Å². The van der Waals surface area contributed by atoms with E-state index in [1.165, 1.54) is 11.3 Å². The Balaban J connectivity index is 2.14. The fraction of sp³-hybridized carbons (Fsp3) is 0.615. The van der Waals surface area contributed by atoms with Gasteiger partial charge in [0.2, 0.25) is 11.0 Å². The summed E-state index contributed by atoms with van der Waals surface area (Å²) in [6.07, 6.45) is 3.09. The highest BCUT2D eigenvalue weighted by Gasteiger charge is 2.26. The van der Waals surface area contributed by atoms with Crippen LogP contribution in [-0.4, -0.2) is 30.9 Å². The second-order valence-corrected chi connectivity index (χ2v) is 7.23. The number of amides is 1. The lowest BCUT2D eigenvalue weighted by molar-refractivity contribution is -0.120. The van der Waals surface area contributed by atoms with Crippen molar-refractivity contribution in [1.29, 1.82) is 0 Å². The van der Waals surface area contributed by atoms with Crippen molar-refractivity contribution >= 4 is 22.4 Å². The van der Waals surface area contributed by atoms with E-state index in [0.29, 0.717) is 5.13 Å². The van der Waals surface area contributed by atoms with E-state index in [1.54, 1.807) is 17.2 Å². The summed E-state index contributed by atoms with van der Waals surface area (Å²) in [7, 11) is 0. The highest BCUT2D eigenvalue weighted by Crippen LogP contribution is 2.28. The first-order valence-corrected chi connectivity index (χ1v) is 7.59. The number of hydrogen-bond acceptors (Lipinski definition) is 6. The maximum atomic E-state index is 12.5. The van der Waals surface area contributed by atoms with E-state index in [9.17, 15) is 4.79 Å². The van der Waals surface area contributed by atoms with E-state index in [4.69, 9.17) is 0 Å². The van der Waals surface area contributed by atoms with Crippen LogP contribution < -0.4 is 5.32 Å². The van der Waals surface area contributed by atoms with Gasteiger partial charge in [-0.25, -0.2) is 0 Å². The van der Waals surface area contributed by atoms with Crippen LogP contribution in [0.3, 0.4) is 0 Å². The molecule has 0 spiro atoms. The zero-order valence-electron chi connectivity index (χ0n) is 12.9. The van der Waals surface area contributed by atoms with Gasteiger partial charge in [-0.15, -0.1) is 20.4 Å². The van der Waals surface area contributed by atoms with E-state index < -0.39 is 0 Å². The van der Waals surface area contributed by atoms with Crippen LogP contribution in [0.5, 0.6) is 0 Å². The van der Waals surface area contributed by atoms with Gasteiger partial charge in [-0.2, -0.15) is 0 Å². The van der Waals surface area contributed by atoms with Crippen LogP contribution in [0.15, 0.2) is 12.7 Å². The Hall–Kier alpha value is -1.83. The first-order valence-electron chi connectivity index (χ1n) is 6.78. The molecule has 0 saturated carbocycles. The summed E-state index contributed by atoms with van der Waals surface area (Å²) in [6, 6.07) is -0.373. The predicted octanol–water partition coefficient (Wildman–Crippen LogP) is 2.26. The molecule has 7 nitrogen and oxygen atoms in total. The van der Waals surface area contributed by atoms with Crippen molar-refractivity contribution in [2.45, 2.75) is 46.1 Å². The van der Waals surface area contributed by atoms with Gasteiger partial charge < -0.3 is 4.57 Å². The van der Waals surface area contributed by atoms with Gasteiger partial charge in [0.05, 0.1) is 0 Å². The standard InChI is InChI=1S/C13H20N6OS/c1-8(2)9(19-6-14-15-7-19)10(20)16-12-18-17-11(21-12)13(3,4)5/h6-9H,1-5H3,(H,16,18,20). The third kappa shape index (κ3) is 3.63. The summed E-state index contributed by atoms with van der Waals surface area (Å²) < 4.78 is 1.70. The molecular formula is C13H20N6OS. The first-order chi connectivity index (χ1) is 9.79. The second kappa shape index (κ2) is 5.88. The number of rotatable bonds is 4. The van der Waals surface area contributed by atoms with Crippen molar-refractivity contribution in [2.75, 3.05) is 5.32 Å². The van der Waals surface area contributed by atoms with Gasteiger partial charge in [-0.3, -0.25) is 10.1 Å². The van der Waals surface area contributed by atoms with Crippen molar-refractivity contribution in [3.8, 4) is 0 Å². The largest absolute Gasteiger partial charge is 0.307 e. The number of hydrogen-bond donors (Lipinski definition) is 1. The van der Waals surface area contributed by atoms with Crippen molar-refractivity contribution in [1.82, 2.24) is 25.0 Å². The van der Waals surface area contributed by atoms with Crippen molar-refractivity contribution in [3.05, 3.63) is 17.7 Å². The Bertz CT molecular complexity index is 598. The highest BCUT2D eigenvalue weighted by molar-refractivity contribution is 7.15. The van der Waals surface area contributed by atoms with Gasteiger partial charge in [0.15, 0.2) is 0 Å². The lowest BCUT2D eigenvalue weighted by atomic mass is 9.98. The fourth-order valence-electron chi connectivity index (χ4n) is 1.89. The number of carbonyl (C=O) groups is 1. The second-order valence-electron chi connectivity index (χ2n) is 6.25. The van der Waals surface area contributed by atoms with Crippen LogP contribution in [0.2, 0.25) is 0 Å². The normalized spacial score (nSPS) is 13.4. The molecule has 0 bridgehead atoms. The van der Waals surface area contributed by atoms with Gasteiger partial charge >= 0.3 is 0 Å². The molecule has 0 radical (unpaired) electrons. The van der Waals surface area contributed by atoms with Crippen LogP contribution in [0.25, 0.3) is 0 Å². The minimum absolute atomic E-state index is 0.0770. The Labute approximate surface area is 127 Å². The third-order valence-corrected chi connectivity index (χ3v) is 4.22. The van der Waals surface area contributed by atoms with Gasteiger partial charge in [0, 0.05) is 5.41 Å². The van der Waals surface area contributed by atoms with E-state index >= 15 is 0 Å². The smallest absolute Gasteiger partial charge is 0.249 e. The summed E-state index contributed by atoms with van der Waals surface area (Å²) in [4.78, 5) is 12.5. The average molecular weight is 308 g/mol. The number of anilines is 1. The van der Waals surface area contributed by atoms with Crippen molar-refractivity contribution in [2.24, 2.45) is 5.92 Å². The predicted molar refractivity (Wildman–Crippen MR) is 81.1 cm³/mol. The Morgan fingerprint density at radius 2 is 1.86 bits per heavy atom. The molecule has 2 heterocycles. The zero-order valence-corrected chi connectivity index (χ0v) is 13.7. The lowest BCUT2D eigenvalue weighted by Gasteiger charge is -2.20. The van der Waals surface area contributed by atoms with Crippen LogP contribution in [0.1, 0.15) is 45.7 Å². The molecule has 1 N–H and O–H groups in total. The number of nitrogens with zero attached hydrogens (tertiary/aromatic N) is 5. The molecule has 8 heteroatoms. The minimum Gasteiger partial charge on any atom is -0.307 e. The Morgan fingerprint density at radius 1 is 1.24 bits per heavy atom. The minimum atomic E-state index is -0.373. The van der Waals surface area contributed by atoms with Crippen LogP contribution >= 0.6 is 11.3 Å². The van der Waals surface area contributed by atoms with Crippen molar-refractivity contribution < 1.29 is 4.79 Å². The molecule has 21 heavy (non-hydrogen) atoms. The molecule has 2 aromatic rings. The lowest BCUT2D eigenvalue weighted by Crippen LogP contribution is -2.29. The molecule has 0 aliphatic heterocycles. The molecule has 0 aliphatic carbocycles. The van der Waals surface area contributed by atoms with Crippen LogP contribution in [-0.2, 0) is 10.2 Å². The molecule has 0 aliphatic rings. The topological polar surface area (TPSA) is 85.6 Å². The Kier molecular flexibility index (Phi) is 4.36. The molecule has 2 aromatic heterocycles. The zero-order chi connectivity index (χ0) is 15.6. The molecule has 2 rings (SSSR count). The van der Waals surface area contributed by atoms with E-state index in [2.05, 4.69) is 46.5 Å². The van der Waals surface area contributed by atoms with Crippen LogP contribution in [0.4, 0.5) is 5.13 Å². The Morgan fingerprint density at radius 3 is 2.33 bits per heavy atom. The van der Waals surface area contributed by atoms with Crippen LogP contribution in [0, 0.1) is 5.92 Å². The van der Waals surface area contributed by atoms with E-state index in [1.807, 2.05) is 13.8 Å². The molecule has 0 fully saturated rings. The molecule has 0 aromatic carbocycles. The van der Waals surface area contributed by atoms with Gasteiger partial charge in [-0.1, -0.05) is 46.0 Å². The number of nitrogens with one attached hydrogen (secondary N) is 1. The molecule has 114 valence electrons. The number of aromatic nitrogens is 5. The number of carbonyl (C=O) groups excluding carboxylic acids is 1. The summed E-state index contributed by atoms with van der Waals surface area (Å²) in [5.41, 5.74) is -0.0770. The summed E-state index contributed by atoms with van der Waals surface area (Å²) in [5.74, 6) is -0.0302. The van der Waals surface area contributed by atoms with Gasteiger partial charge in [0.1, 0.15) is 23.7 Å². The highest BCUT2D eigenvalue weighted by atomic mass is 32.1. The summed E-state index contributed by atoms with van der Waals surface area (Å²) in [6.45, 7) is 10.1. The molecule has 1 amide bonds. The molecule has 1 unspecified atom stereocenters. The average Bonchev–Trinajstić information content (AvgIpc) is 2.98. The fourth-order valence-corrected chi connectivity index (χ4v) is 2.70. The first kappa shape index (κ1) is 15.6. The van der Waals surface area contributed by atoms with Crippen molar-refractivity contribution in [3.63, 3.8) is 0 Å². The summed E-state index contributed by atoms with van der Waals surface area (Å²) in [5, 5.41) is 19.9. The maximum Gasteiger partial charge on any atom is 0.249 e. The van der Waals surface area contributed by atoms with E-state index in [-0.39, 0.29) is 23.3 Å². The molecule has 0 saturated heterocycles. The van der Waals surface area contributed by atoms with Gasteiger partial charge in [0.25, 0.3) is 0 Å². The molecule has 1 atom stereocenters. The quantitative estimate of drug-likeness (QED) is 0.936. The SMILES string of the molecule is CC(C)C(C(=O)Nc1nnc(C(C)(C)C)s1)n1cnnc1. The monoisotopic (exact) mass is 308 g/mol. The third-order valence-electron chi connectivity index (χ3n) is 2.95.